The fourth-order valence-corrected chi connectivity index (χ4v) is 3.92. The molecular weight excluding hydrogens is 393 g/mol. The molecular formula is C25H24FN3O2. The van der Waals surface area contributed by atoms with Crippen molar-refractivity contribution in [2.75, 3.05) is 17.2 Å². The number of carbonyl (C=O) groups is 2. The molecule has 31 heavy (non-hydrogen) atoms. The SMILES string of the molecule is CC(C(=O)N(c1ccccc1)c1cc(-c2ccc(F)cc2)ccc1N)N1CCCC1=O. The smallest absolute Gasteiger partial charge is 0.254 e. The molecule has 1 unspecified atom stereocenters. The second-order valence-corrected chi connectivity index (χ2v) is 7.66. The van der Waals surface area contributed by atoms with E-state index < -0.39 is 6.04 Å². The van der Waals surface area contributed by atoms with Crippen LogP contribution in [0.5, 0.6) is 0 Å². The molecule has 1 saturated heterocycles. The summed E-state index contributed by atoms with van der Waals surface area (Å²) in [5.41, 5.74) is 9.55. The van der Waals surface area contributed by atoms with Gasteiger partial charge in [0.25, 0.3) is 5.91 Å². The van der Waals surface area contributed by atoms with Crippen molar-refractivity contribution in [1.82, 2.24) is 4.90 Å². The Balaban J connectivity index is 1.79. The Hall–Kier alpha value is -3.67. The predicted molar refractivity (Wildman–Crippen MR) is 120 cm³/mol. The third kappa shape index (κ3) is 4.14. The van der Waals surface area contributed by atoms with E-state index in [-0.39, 0.29) is 17.6 Å². The maximum Gasteiger partial charge on any atom is 0.254 e. The monoisotopic (exact) mass is 417 g/mol. The summed E-state index contributed by atoms with van der Waals surface area (Å²) in [5, 5.41) is 0. The summed E-state index contributed by atoms with van der Waals surface area (Å²) in [7, 11) is 0. The number of rotatable bonds is 5. The molecule has 2 amide bonds. The van der Waals surface area contributed by atoms with Crippen LogP contribution >= 0.6 is 0 Å². The summed E-state index contributed by atoms with van der Waals surface area (Å²) < 4.78 is 13.4. The number of carbonyl (C=O) groups excluding carboxylic acids is 2. The lowest BCUT2D eigenvalue weighted by molar-refractivity contribution is -0.135. The van der Waals surface area contributed by atoms with Crippen molar-refractivity contribution in [3.8, 4) is 11.1 Å². The Kier molecular flexibility index (Phi) is 5.71. The minimum absolute atomic E-state index is 0.0121. The highest BCUT2D eigenvalue weighted by Crippen LogP contribution is 2.35. The first kappa shape index (κ1) is 20.6. The quantitative estimate of drug-likeness (QED) is 0.609. The Morgan fingerprint density at radius 3 is 2.35 bits per heavy atom. The Bertz CT molecular complexity index is 1100. The first-order valence-electron chi connectivity index (χ1n) is 10.3. The number of hydrogen-bond acceptors (Lipinski definition) is 3. The van der Waals surface area contributed by atoms with Gasteiger partial charge in [-0.3, -0.25) is 14.5 Å². The molecule has 1 heterocycles. The molecule has 0 spiro atoms. The highest BCUT2D eigenvalue weighted by atomic mass is 19.1. The standard InChI is InChI=1S/C25H24FN3O2/c1-17(28-15-5-8-24(28)30)25(31)29(21-6-3-2-4-7-21)23-16-19(11-14-22(23)27)18-9-12-20(26)13-10-18/h2-4,6-7,9-14,16-17H,5,8,15,27H2,1H3. The summed E-state index contributed by atoms with van der Waals surface area (Å²) in [6.07, 6.45) is 1.22. The number of para-hydroxylation sites is 1. The molecule has 1 aliphatic heterocycles. The van der Waals surface area contributed by atoms with Gasteiger partial charge in [0.1, 0.15) is 11.9 Å². The second kappa shape index (κ2) is 8.60. The molecule has 1 aliphatic rings. The molecule has 4 rings (SSSR count). The topological polar surface area (TPSA) is 66.6 Å². The zero-order valence-electron chi connectivity index (χ0n) is 17.3. The number of nitrogens with zero attached hydrogens (tertiary/aromatic N) is 2. The van der Waals surface area contributed by atoms with E-state index in [0.29, 0.717) is 30.0 Å². The van der Waals surface area contributed by atoms with Crippen LogP contribution in [0.15, 0.2) is 72.8 Å². The normalized spacial score (nSPS) is 14.5. The summed E-state index contributed by atoms with van der Waals surface area (Å²) in [4.78, 5) is 29.1. The lowest BCUT2D eigenvalue weighted by Crippen LogP contribution is -2.46. The van der Waals surface area contributed by atoms with Gasteiger partial charge in [-0.15, -0.1) is 0 Å². The van der Waals surface area contributed by atoms with Crippen molar-refractivity contribution in [3.05, 3.63) is 78.6 Å². The van der Waals surface area contributed by atoms with Crippen molar-refractivity contribution in [1.29, 1.82) is 0 Å². The minimum atomic E-state index is -0.621. The van der Waals surface area contributed by atoms with Crippen LogP contribution in [0.4, 0.5) is 21.5 Å². The molecule has 3 aromatic carbocycles. The first-order chi connectivity index (χ1) is 15.0. The molecule has 1 fully saturated rings. The number of amides is 2. The van der Waals surface area contributed by atoms with Crippen LogP contribution in [0.2, 0.25) is 0 Å². The van der Waals surface area contributed by atoms with Gasteiger partial charge >= 0.3 is 0 Å². The van der Waals surface area contributed by atoms with Gasteiger partial charge < -0.3 is 10.6 Å². The fourth-order valence-electron chi connectivity index (χ4n) is 3.92. The predicted octanol–water partition coefficient (Wildman–Crippen LogP) is 4.75. The van der Waals surface area contributed by atoms with Crippen molar-refractivity contribution in [2.45, 2.75) is 25.8 Å². The lowest BCUT2D eigenvalue weighted by Gasteiger charge is -2.31. The van der Waals surface area contributed by atoms with Crippen molar-refractivity contribution >= 4 is 28.9 Å². The highest BCUT2D eigenvalue weighted by molar-refractivity contribution is 6.07. The van der Waals surface area contributed by atoms with Crippen molar-refractivity contribution < 1.29 is 14.0 Å². The van der Waals surface area contributed by atoms with E-state index in [1.54, 1.807) is 34.9 Å². The van der Waals surface area contributed by atoms with Gasteiger partial charge in [-0.05, 0) is 60.9 Å². The van der Waals surface area contributed by atoms with Crippen molar-refractivity contribution in [3.63, 3.8) is 0 Å². The van der Waals surface area contributed by atoms with Crippen LogP contribution in [0.1, 0.15) is 19.8 Å². The molecule has 1 atom stereocenters. The van der Waals surface area contributed by atoms with Crippen LogP contribution in [-0.2, 0) is 9.59 Å². The van der Waals surface area contributed by atoms with E-state index in [9.17, 15) is 14.0 Å². The number of nitrogen functional groups attached to an aromatic ring is 1. The first-order valence-corrected chi connectivity index (χ1v) is 10.3. The third-order valence-corrected chi connectivity index (χ3v) is 5.62. The average molecular weight is 417 g/mol. The average Bonchev–Trinajstić information content (AvgIpc) is 3.22. The van der Waals surface area contributed by atoms with Crippen LogP contribution < -0.4 is 10.6 Å². The minimum Gasteiger partial charge on any atom is -0.397 e. The molecule has 5 nitrogen and oxygen atoms in total. The van der Waals surface area contributed by atoms with Gasteiger partial charge in [-0.2, -0.15) is 0 Å². The second-order valence-electron chi connectivity index (χ2n) is 7.66. The van der Waals surface area contributed by atoms with Crippen LogP contribution in [-0.4, -0.2) is 29.3 Å². The fraction of sp³-hybridized carbons (Fsp3) is 0.200. The number of nitrogens with two attached hydrogens (primary N) is 1. The van der Waals surface area contributed by atoms with E-state index in [0.717, 1.165) is 17.5 Å². The van der Waals surface area contributed by atoms with Crippen LogP contribution in [0, 0.1) is 5.82 Å². The molecule has 2 N–H and O–H groups in total. The van der Waals surface area contributed by atoms with Gasteiger partial charge in [-0.25, -0.2) is 4.39 Å². The highest BCUT2D eigenvalue weighted by Gasteiger charge is 2.34. The van der Waals surface area contributed by atoms with Crippen LogP contribution in [0.3, 0.4) is 0 Å². The number of anilines is 3. The molecule has 0 bridgehead atoms. The molecule has 3 aromatic rings. The van der Waals surface area contributed by atoms with E-state index in [4.69, 9.17) is 5.73 Å². The van der Waals surface area contributed by atoms with E-state index in [2.05, 4.69) is 0 Å². The van der Waals surface area contributed by atoms with Gasteiger partial charge in [0.2, 0.25) is 5.91 Å². The summed E-state index contributed by atoms with van der Waals surface area (Å²) >= 11 is 0. The Morgan fingerprint density at radius 1 is 1.03 bits per heavy atom. The molecule has 6 heteroatoms. The number of likely N-dealkylation sites (tertiary alicyclic amines) is 1. The molecule has 0 aliphatic carbocycles. The summed E-state index contributed by atoms with van der Waals surface area (Å²) in [5.74, 6) is -0.559. The maximum atomic E-state index is 13.6. The summed E-state index contributed by atoms with van der Waals surface area (Å²) in [6, 6.07) is 20.2. The molecule has 0 radical (unpaired) electrons. The van der Waals surface area contributed by atoms with Crippen LogP contribution in [0.25, 0.3) is 11.1 Å². The third-order valence-electron chi connectivity index (χ3n) is 5.62. The van der Waals surface area contributed by atoms with E-state index in [1.165, 1.54) is 12.1 Å². The molecule has 158 valence electrons. The number of halogens is 1. The van der Waals surface area contributed by atoms with E-state index >= 15 is 0 Å². The lowest BCUT2D eigenvalue weighted by atomic mass is 10.0. The van der Waals surface area contributed by atoms with Gasteiger partial charge in [0.05, 0.1) is 11.4 Å². The van der Waals surface area contributed by atoms with Crippen molar-refractivity contribution in [2.24, 2.45) is 0 Å². The zero-order chi connectivity index (χ0) is 22.0. The number of benzene rings is 3. The van der Waals surface area contributed by atoms with Gasteiger partial charge in [0.15, 0.2) is 0 Å². The Labute approximate surface area is 180 Å². The molecule has 0 saturated carbocycles. The van der Waals surface area contributed by atoms with E-state index in [1.807, 2.05) is 42.5 Å². The maximum absolute atomic E-state index is 13.6. The zero-order valence-corrected chi connectivity index (χ0v) is 17.3. The largest absolute Gasteiger partial charge is 0.397 e. The summed E-state index contributed by atoms with van der Waals surface area (Å²) in [6.45, 7) is 2.32. The number of hydrogen-bond donors (Lipinski definition) is 1. The Morgan fingerprint density at radius 2 is 1.71 bits per heavy atom. The molecule has 0 aromatic heterocycles. The van der Waals surface area contributed by atoms with Gasteiger partial charge in [-0.1, -0.05) is 36.4 Å². The van der Waals surface area contributed by atoms with Gasteiger partial charge in [0, 0.05) is 18.7 Å².